The third kappa shape index (κ3) is 2.78. The molecule has 0 spiro atoms. The lowest BCUT2D eigenvalue weighted by Crippen LogP contribution is -2.55. The van der Waals surface area contributed by atoms with E-state index in [1.54, 1.807) is 24.5 Å². The minimum atomic E-state index is -0.140. The van der Waals surface area contributed by atoms with Gasteiger partial charge in [0.1, 0.15) is 0 Å². The second-order valence-corrected chi connectivity index (χ2v) is 9.60. The van der Waals surface area contributed by atoms with Crippen LogP contribution in [0.3, 0.4) is 0 Å². The van der Waals surface area contributed by atoms with E-state index in [0.717, 1.165) is 17.8 Å². The number of aromatic nitrogens is 1. The van der Waals surface area contributed by atoms with E-state index in [0.29, 0.717) is 11.0 Å². The predicted molar refractivity (Wildman–Crippen MR) is 102 cm³/mol. The van der Waals surface area contributed by atoms with Crippen LogP contribution in [-0.2, 0) is 0 Å². The van der Waals surface area contributed by atoms with E-state index in [1.807, 2.05) is 0 Å². The molecule has 0 aliphatic heterocycles. The van der Waals surface area contributed by atoms with Crippen molar-refractivity contribution in [2.45, 2.75) is 64.2 Å². The fraction of sp³-hybridized carbons (Fsp3) is 0.682. The monoisotopic (exact) mass is 351 g/mol. The maximum absolute atomic E-state index is 12.2. The van der Waals surface area contributed by atoms with Crippen LogP contribution >= 0.6 is 0 Å². The van der Waals surface area contributed by atoms with Crippen LogP contribution in [-0.4, -0.2) is 17.1 Å². The lowest BCUT2D eigenvalue weighted by molar-refractivity contribution is -0.106. The van der Waals surface area contributed by atoms with Crippen LogP contribution in [0, 0.1) is 28.6 Å². The SMILES string of the molecule is O=C(N/N=C/C12CC3CC(C1)CC(C1CCCC1)(C3)C2)c1ccncc1. The van der Waals surface area contributed by atoms with Crippen molar-refractivity contribution in [1.82, 2.24) is 10.4 Å². The number of rotatable bonds is 4. The molecule has 1 aromatic heterocycles. The van der Waals surface area contributed by atoms with Crippen molar-refractivity contribution in [3.8, 4) is 0 Å². The van der Waals surface area contributed by atoms with Gasteiger partial charge in [-0.3, -0.25) is 9.78 Å². The minimum Gasteiger partial charge on any atom is -0.267 e. The van der Waals surface area contributed by atoms with E-state index in [1.165, 1.54) is 64.2 Å². The highest BCUT2D eigenvalue weighted by atomic mass is 16.2. The highest BCUT2D eigenvalue weighted by Crippen LogP contribution is 2.68. The molecule has 0 aromatic carbocycles. The molecule has 5 saturated carbocycles. The molecule has 5 aliphatic rings. The summed E-state index contributed by atoms with van der Waals surface area (Å²) in [6.07, 6.45) is 19.4. The second-order valence-electron chi connectivity index (χ2n) is 9.60. The molecule has 5 aliphatic carbocycles. The van der Waals surface area contributed by atoms with Crippen molar-refractivity contribution in [2.75, 3.05) is 0 Å². The molecule has 1 heterocycles. The van der Waals surface area contributed by atoms with Crippen LogP contribution in [0.25, 0.3) is 0 Å². The van der Waals surface area contributed by atoms with E-state index >= 15 is 0 Å². The van der Waals surface area contributed by atoms with Gasteiger partial charge in [-0.25, -0.2) is 5.43 Å². The summed E-state index contributed by atoms with van der Waals surface area (Å²) in [5.41, 5.74) is 4.19. The van der Waals surface area contributed by atoms with E-state index in [4.69, 9.17) is 0 Å². The van der Waals surface area contributed by atoms with Crippen molar-refractivity contribution in [3.05, 3.63) is 30.1 Å². The summed E-state index contributed by atoms with van der Waals surface area (Å²) in [6.45, 7) is 0. The lowest BCUT2D eigenvalue weighted by atomic mass is 9.42. The Morgan fingerprint density at radius 2 is 1.81 bits per heavy atom. The van der Waals surface area contributed by atoms with Gasteiger partial charge in [-0.1, -0.05) is 12.8 Å². The van der Waals surface area contributed by atoms with E-state index in [2.05, 4.69) is 21.7 Å². The van der Waals surface area contributed by atoms with Crippen molar-refractivity contribution in [3.63, 3.8) is 0 Å². The Kier molecular flexibility index (Phi) is 3.91. The topological polar surface area (TPSA) is 54.4 Å². The Labute approximate surface area is 155 Å². The zero-order valence-electron chi connectivity index (χ0n) is 15.5. The van der Waals surface area contributed by atoms with Crippen molar-refractivity contribution in [2.24, 2.45) is 33.7 Å². The fourth-order valence-corrected chi connectivity index (χ4v) is 7.37. The van der Waals surface area contributed by atoms with Crippen LogP contribution in [0.4, 0.5) is 0 Å². The summed E-state index contributed by atoms with van der Waals surface area (Å²) in [4.78, 5) is 16.2. The summed E-state index contributed by atoms with van der Waals surface area (Å²) >= 11 is 0. The second kappa shape index (κ2) is 6.17. The Hall–Kier alpha value is -1.71. The number of carbonyl (C=O) groups excluding carboxylic acids is 1. The average Bonchev–Trinajstić information content (AvgIpc) is 3.17. The molecule has 0 radical (unpaired) electrons. The highest BCUT2D eigenvalue weighted by Gasteiger charge is 2.59. The summed E-state index contributed by atoms with van der Waals surface area (Å²) in [5.74, 6) is 2.59. The Balaban J connectivity index is 1.33. The first-order valence-corrected chi connectivity index (χ1v) is 10.4. The number of hydrogen-bond acceptors (Lipinski definition) is 3. The molecule has 5 fully saturated rings. The standard InChI is InChI=1S/C22H29N3O/c26-20(18-5-7-23-8-6-18)25-24-15-21-10-16-9-17(11-21)13-22(12-16,14-21)19-3-1-2-4-19/h5-8,15-17,19H,1-4,9-14H2,(H,25,26)/b24-15+. The van der Waals surface area contributed by atoms with E-state index < -0.39 is 0 Å². The quantitative estimate of drug-likeness (QED) is 0.638. The molecule has 0 saturated heterocycles. The van der Waals surface area contributed by atoms with Gasteiger partial charge in [0.05, 0.1) is 0 Å². The van der Waals surface area contributed by atoms with Gasteiger partial charge in [0.15, 0.2) is 0 Å². The fourth-order valence-electron chi connectivity index (χ4n) is 7.37. The maximum atomic E-state index is 12.2. The summed E-state index contributed by atoms with van der Waals surface area (Å²) in [6, 6.07) is 3.45. The number of carbonyl (C=O) groups is 1. The van der Waals surface area contributed by atoms with E-state index in [9.17, 15) is 4.79 Å². The van der Waals surface area contributed by atoms with Crippen LogP contribution < -0.4 is 5.43 Å². The Morgan fingerprint density at radius 1 is 1.12 bits per heavy atom. The Morgan fingerprint density at radius 3 is 2.50 bits per heavy atom. The van der Waals surface area contributed by atoms with Gasteiger partial charge in [0, 0.05) is 29.6 Å². The molecule has 4 heteroatoms. The summed E-state index contributed by atoms with van der Waals surface area (Å²) in [5, 5.41) is 4.45. The molecular weight excluding hydrogens is 322 g/mol. The van der Waals surface area contributed by atoms with Gasteiger partial charge < -0.3 is 0 Å². The summed E-state index contributed by atoms with van der Waals surface area (Å²) in [7, 11) is 0. The number of hydrogen-bond donors (Lipinski definition) is 1. The number of nitrogens with zero attached hydrogens (tertiary/aromatic N) is 2. The van der Waals surface area contributed by atoms with Crippen molar-refractivity contribution in [1.29, 1.82) is 0 Å². The lowest BCUT2D eigenvalue weighted by Gasteiger charge is -2.63. The molecule has 26 heavy (non-hydrogen) atoms. The smallest absolute Gasteiger partial charge is 0.267 e. The molecule has 1 amide bonds. The molecule has 6 rings (SSSR count). The van der Waals surface area contributed by atoms with Crippen molar-refractivity contribution >= 4 is 12.1 Å². The van der Waals surface area contributed by atoms with Crippen LogP contribution in [0.5, 0.6) is 0 Å². The molecule has 138 valence electrons. The first kappa shape index (κ1) is 16.5. The average molecular weight is 351 g/mol. The van der Waals surface area contributed by atoms with Crippen LogP contribution in [0.2, 0.25) is 0 Å². The maximum Gasteiger partial charge on any atom is 0.271 e. The van der Waals surface area contributed by atoms with Gasteiger partial charge in [0.25, 0.3) is 5.91 Å². The zero-order valence-corrected chi connectivity index (χ0v) is 15.5. The van der Waals surface area contributed by atoms with Crippen LogP contribution in [0.1, 0.15) is 74.6 Å². The highest BCUT2D eigenvalue weighted by molar-refractivity contribution is 5.94. The van der Waals surface area contributed by atoms with Gasteiger partial charge in [-0.2, -0.15) is 5.10 Å². The van der Waals surface area contributed by atoms with E-state index in [-0.39, 0.29) is 11.3 Å². The third-order valence-electron chi connectivity index (χ3n) is 7.82. The molecule has 2 unspecified atom stereocenters. The molecule has 2 atom stereocenters. The van der Waals surface area contributed by atoms with Gasteiger partial charge in [-0.15, -0.1) is 0 Å². The predicted octanol–water partition coefficient (Wildman–Crippen LogP) is 4.57. The van der Waals surface area contributed by atoms with Gasteiger partial charge >= 0.3 is 0 Å². The molecule has 1 aromatic rings. The number of nitrogens with one attached hydrogen (secondary N) is 1. The Bertz CT molecular complexity index is 693. The number of hydrazone groups is 1. The first-order valence-electron chi connectivity index (χ1n) is 10.4. The molecule has 4 bridgehead atoms. The third-order valence-corrected chi connectivity index (χ3v) is 7.82. The number of amides is 1. The largest absolute Gasteiger partial charge is 0.271 e. The minimum absolute atomic E-state index is 0.140. The number of pyridine rings is 1. The van der Waals surface area contributed by atoms with Gasteiger partial charge in [0.2, 0.25) is 0 Å². The van der Waals surface area contributed by atoms with Crippen molar-refractivity contribution < 1.29 is 4.79 Å². The summed E-state index contributed by atoms with van der Waals surface area (Å²) < 4.78 is 0. The van der Waals surface area contributed by atoms with Crippen LogP contribution in [0.15, 0.2) is 29.6 Å². The molecule has 1 N–H and O–H groups in total. The molecule has 4 nitrogen and oxygen atoms in total. The first-order chi connectivity index (χ1) is 12.7. The van der Waals surface area contributed by atoms with Gasteiger partial charge in [-0.05, 0) is 86.7 Å². The normalized spacial score (nSPS) is 38.9. The zero-order chi connectivity index (χ0) is 17.6. The molecular formula is C22H29N3O.